The third kappa shape index (κ3) is 2.83. The molecule has 21 heavy (non-hydrogen) atoms. The van der Waals surface area contributed by atoms with Gasteiger partial charge in [-0.25, -0.2) is 8.42 Å². The van der Waals surface area contributed by atoms with Crippen LogP contribution in [0.3, 0.4) is 0 Å². The Hall–Kier alpha value is -1.39. The van der Waals surface area contributed by atoms with E-state index < -0.39 is 9.84 Å². The lowest BCUT2D eigenvalue weighted by Crippen LogP contribution is -2.37. The summed E-state index contributed by atoms with van der Waals surface area (Å²) in [7, 11) is -1.32. The predicted molar refractivity (Wildman–Crippen MR) is 86.2 cm³/mol. The summed E-state index contributed by atoms with van der Waals surface area (Å²) in [5.74, 6) is 0. The van der Waals surface area contributed by atoms with Gasteiger partial charge < -0.3 is 5.32 Å². The zero-order valence-corrected chi connectivity index (χ0v) is 13.1. The molecule has 2 aromatic carbocycles. The molecule has 1 aliphatic rings. The van der Waals surface area contributed by atoms with E-state index in [0.29, 0.717) is 17.4 Å². The van der Waals surface area contributed by atoms with Gasteiger partial charge in [0.25, 0.3) is 0 Å². The fraction of sp³-hybridized carbons (Fsp3) is 0.412. The quantitative estimate of drug-likeness (QED) is 0.947. The Bertz CT molecular complexity index is 739. The van der Waals surface area contributed by atoms with Gasteiger partial charge in [0.05, 0.1) is 10.1 Å². The van der Waals surface area contributed by atoms with Crippen LogP contribution < -0.4 is 5.32 Å². The minimum Gasteiger partial charge on any atom is -0.317 e. The van der Waals surface area contributed by atoms with E-state index in [1.807, 2.05) is 43.4 Å². The average Bonchev–Trinajstić information content (AvgIpc) is 2.54. The summed E-state index contributed by atoms with van der Waals surface area (Å²) in [4.78, 5) is 0.461. The first-order chi connectivity index (χ1) is 10.1. The summed E-state index contributed by atoms with van der Waals surface area (Å²) in [6.07, 6.45) is 3.53. The van der Waals surface area contributed by atoms with E-state index >= 15 is 0 Å². The number of rotatable bonds is 3. The molecule has 2 aromatic rings. The van der Waals surface area contributed by atoms with E-state index in [1.165, 1.54) is 0 Å². The van der Waals surface area contributed by atoms with Crippen LogP contribution in [0.25, 0.3) is 10.8 Å². The first-order valence-corrected chi connectivity index (χ1v) is 9.06. The van der Waals surface area contributed by atoms with Crippen molar-refractivity contribution in [3.8, 4) is 0 Å². The van der Waals surface area contributed by atoms with Crippen LogP contribution in [-0.4, -0.2) is 26.8 Å². The molecule has 1 fully saturated rings. The lowest BCUT2D eigenvalue weighted by molar-refractivity contribution is 0.391. The Morgan fingerprint density at radius 2 is 1.81 bits per heavy atom. The lowest BCUT2D eigenvalue weighted by atomic mass is 9.95. The van der Waals surface area contributed by atoms with Gasteiger partial charge in [0.2, 0.25) is 0 Å². The van der Waals surface area contributed by atoms with Gasteiger partial charge in [-0.1, -0.05) is 36.8 Å². The molecule has 4 heteroatoms. The van der Waals surface area contributed by atoms with Gasteiger partial charge in [0, 0.05) is 6.04 Å². The number of nitrogens with one attached hydrogen (secondary N) is 1. The van der Waals surface area contributed by atoms with E-state index in [2.05, 4.69) is 5.32 Å². The Balaban J connectivity index is 1.95. The molecule has 112 valence electrons. The van der Waals surface area contributed by atoms with Crippen LogP contribution in [-0.2, 0) is 9.84 Å². The molecule has 0 aliphatic heterocycles. The van der Waals surface area contributed by atoms with Crippen LogP contribution in [0.5, 0.6) is 0 Å². The minimum absolute atomic E-state index is 0.259. The zero-order chi connectivity index (χ0) is 14.9. The van der Waals surface area contributed by atoms with Crippen molar-refractivity contribution in [2.24, 2.45) is 0 Å². The van der Waals surface area contributed by atoms with Crippen LogP contribution in [0.15, 0.2) is 47.4 Å². The van der Waals surface area contributed by atoms with E-state index in [4.69, 9.17) is 0 Å². The van der Waals surface area contributed by atoms with Crippen LogP contribution in [0.1, 0.15) is 25.7 Å². The molecule has 2 atom stereocenters. The summed E-state index contributed by atoms with van der Waals surface area (Å²) in [5, 5.41) is 5.03. The van der Waals surface area contributed by atoms with Crippen molar-refractivity contribution >= 4 is 20.6 Å². The highest BCUT2D eigenvalue weighted by Crippen LogP contribution is 2.30. The molecule has 0 saturated heterocycles. The van der Waals surface area contributed by atoms with Gasteiger partial charge in [-0.05, 0) is 49.2 Å². The normalized spacial score (nSPS) is 23.3. The first kappa shape index (κ1) is 14.5. The number of benzene rings is 2. The molecule has 0 radical (unpaired) electrons. The second kappa shape index (κ2) is 5.78. The number of fused-ring (bicyclic) bond motifs is 1. The molecule has 0 heterocycles. The number of sulfone groups is 1. The first-order valence-electron chi connectivity index (χ1n) is 7.51. The maximum atomic E-state index is 12.9. The van der Waals surface area contributed by atoms with Crippen molar-refractivity contribution in [2.45, 2.75) is 41.9 Å². The highest BCUT2D eigenvalue weighted by molar-refractivity contribution is 7.92. The fourth-order valence-corrected chi connectivity index (χ4v) is 5.12. The Morgan fingerprint density at radius 3 is 2.57 bits per heavy atom. The molecule has 1 N–H and O–H groups in total. The molecule has 2 unspecified atom stereocenters. The van der Waals surface area contributed by atoms with Crippen molar-refractivity contribution in [1.29, 1.82) is 0 Å². The molecule has 0 amide bonds. The van der Waals surface area contributed by atoms with Crippen LogP contribution in [0.2, 0.25) is 0 Å². The maximum absolute atomic E-state index is 12.9. The molecule has 3 rings (SSSR count). The third-order valence-corrected chi connectivity index (χ3v) is 6.74. The molecule has 1 saturated carbocycles. The number of hydrogen-bond donors (Lipinski definition) is 1. The van der Waals surface area contributed by atoms with Crippen molar-refractivity contribution < 1.29 is 8.42 Å². The van der Waals surface area contributed by atoms with E-state index in [-0.39, 0.29) is 5.25 Å². The highest BCUT2D eigenvalue weighted by Gasteiger charge is 2.32. The molecular weight excluding hydrogens is 282 g/mol. The molecule has 0 spiro atoms. The van der Waals surface area contributed by atoms with Gasteiger partial charge in [-0.2, -0.15) is 0 Å². The van der Waals surface area contributed by atoms with Crippen molar-refractivity contribution in [3.05, 3.63) is 42.5 Å². The van der Waals surface area contributed by atoms with Gasteiger partial charge in [0.1, 0.15) is 0 Å². The summed E-state index contributed by atoms with van der Waals surface area (Å²) >= 11 is 0. The number of hydrogen-bond acceptors (Lipinski definition) is 3. The maximum Gasteiger partial charge on any atom is 0.181 e. The Morgan fingerprint density at radius 1 is 1.05 bits per heavy atom. The summed E-state index contributed by atoms with van der Waals surface area (Å²) in [6, 6.07) is 13.7. The largest absolute Gasteiger partial charge is 0.317 e. The van der Waals surface area contributed by atoms with Crippen molar-refractivity contribution in [1.82, 2.24) is 5.32 Å². The molecule has 1 aliphatic carbocycles. The molecular formula is C17H21NO2S. The molecule has 0 aromatic heterocycles. The van der Waals surface area contributed by atoms with Gasteiger partial charge in [-0.15, -0.1) is 0 Å². The van der Waals surface area contributed by atoms with Crippen LogP contribution >= 0.6 is 0 Å². The third-order valence-electron chi connectivity index (χ3n) is 4.52. The highest BCUT2D eigenvalue weighted by atomic mass is 32.2. The predicted octanol–water partition coefficient (Wildman–Crippen LogP) is 3.14. The lowest BCUT2D eigenvalue weighted by Gasteiger charge is -2.28. The average molecular weight is 303 g/mol. The summed E-state index contributed by atoms with van der Waals surface area (Å²) < 4.78 is 25.7. The SMILES string of the molecule is CNC1CCCC(S(=O)(=O)c2ccc3ccccc3c2)C1. The molecule has 3 nitrogen and oxygen atoms in total. The van der Waals surface area contributed by atoms with Crippen LogP contribution in [0.4, 0.5) is 0 Å². The zero-order valence-electron chi connectivity index (χ0n) is 12.2. The summed E-state index contributed by atoms with van der Waals surface area (Å²) in [5.41, 5.74) is 0. The Labute approximate surface area is 126 Å². The minimum atomic E-state index is -3.24. The smallest absolute Gasteiger partial charge is 0.181 e. The van der Waals surface area contributed by atoms with Crippen molar-refractivity contribution in [2.75, 3.05) is 7.05 Å². The second-order valence-corrected chi connectivity index (χ2v) is 8.06. The Kier molecular flexibility index (Phi) is 4.00. The second-order valence-electron chi connectivity index (χ2n) is 5.83. The summed E-state index contributed by atoms with van der Waals surface area (Å²) in [6.45, 7) is 0. The monoisotopic (exact) mass is 303 g/mol. The topological polar surface area (TPSA) is 46.2 Å². The van der Waals surface area contributed by atoms with Crippen LogP contribution in [0, 0.1) is 0 Å². The van der Waals surface area contributed by atoms with E-state index in [9.17, 15) is 8.42 Å². The van der Waals surface area contributed by atoms with Crippen molar-refractivity contribution in [3.63, 3.8) is 0 Å². The van der Waals surface area contributed by atoms with Gasteiger partial charge in [-0.3, -0.25) is 0 Å². The van der Waals surface area contributed by atoms with E-state index in [1.54, 1.807) is 6.07 Å². The van der Waals surface area contributed by atoms with E-state index in [0.717, 1.165) is 30.0 Å². The molecule has 0 bridgehead atoms. The fourth-order valence-electron chi connectivity index (χ4n) is 3.23. The standard InChI is InChI=1S/C17H21NO2S/c1-18-15-7-4-8-16(12-15)21(19,20)17-10-9-13-5-2-3-6-14(13)11-17/h2-3,5-6,9-11,15-16,18H,4,7-8,12H2,1H3. The van der Waals surface area contributed by atoms with Gasteiger partial charge in [0.15, 0.2) is 9.84 Å². The van der Waals surface area contributed by atoms with Gasteiger partial charge >= 0.3 is 0 Å².